The van der Waals surface area contributed by atoms with Crippen molar-refractivity contribution in [2.45, 2.75) is 19.0 Å². The highest BCUT2D eigenvalue weighted by Crippen LogP contribution is 2.36. The lowest BCUT2D eigenvalue weighted by Crippen LogP contribution is -2.49. The van der Waals surface area contributed by atoms with E-state index in [1.807, 2.05) is 0 Å². The third-order valence-electron chi connectivity index (χ3n) is 3.98. The van der Waals surface area contributed by atoms with Crippen LogP contribution in [0.3, 0.4) is 0 Å². The molecule has 0 saturated heterocycles. The largest absolute Gasteiger partial charge is 0.372 e. The number of likely N-dealkylation sites (N-methyl/N-ethyl adjacent to an activating group) is 1. The van der Waals surface area contributed by atoms with E-state index in [9.17, 15) is 0 Å². The van der Waals surface area contributed by atoms with E-state index in [1.54, 1.807) is 0 Å². The molecule has 1 N–H and O–H groups in total. The van der Waals surface area contributed by atoms with Crippen LogP contribution in [0.1, 0.15) is 18.5 Å². The second kappa shape index (κ2) is 3.95. The number of hydrogen-bond donors (Lipinski definition) is 1. The van der Waals surface area contributed by atoms with E-state index in [0.29, 0.717) is 0 Å². The Hall–Kier alpha value is -2.09. The summed E-state index contributed by atoms with van der Waals surface area (Å²) in [6, 6.07) is 9.05. The van der Waals surface area contributed by atoms with Crippen molar-refractivity contribution < 1.29 is 0 Å². The average Bonchev–Trinajstić information content (AvgIpc) is 2.78. The molecule has 1 aliphatic carbocycles. The topological polar surface area (TPSA) is 29.4 Å². The maximum Gasteiger partial charge on any atom is 0.372 e. The van der Waals surface area contributed by atoms with Crippen molar-refractivity contribution in [3.63, 3.8) is 0 Å². The van der Waals surface area contributed by atoms with Crippen LogP contribution in [0.4, 0.5) is 5.69 Å². The number of amidine groups is 1. The highest BCUT2D eigenvalue weighted by molar-refractivity contribution is 6.14. The second-order valence-electron chi connectivity index (χ2n) is 5.02. The highest BCUT2D eigenvalue weighted by atomic mass is 15.3. The Bertz CT molecular complexity index is 662. The molecule has 2 heterocycles. The molecule has 1 aromatic carbocycles. The molecular formula is C16H16N3+. The van der Waals surface area contributed by atoms with Gasteiger partial charge in [-0.05, 0) is 19.1 Å². The van der Waals surface area contributed by atoms with Gasteiger partial charge in [0.15, 0.2) is 6.04 Å². The molecule has 3 aliphatic rings. The lowest BCUT2D eigenvalue weighted by atomic mass is 10.0. The Labute approximate surface area is 112 Å². The molecule has 3 nitrogen and oxygen atoms in total. The van der Waals surface area contributed by atoms with Crippen molar-refractivity contribution in [2.24, 2.45) is 0 Å². The summed E-state index contributed by atoms with van der Waals surface area (Å²) < 4.78 is 4.89. The van der Waals surface area contributed by atoms with Crippen LogP contribution >= 0.6 is 0 Å². The molecule has 0 spiro atoms. The van der Waals surface area contributed by atoms with Crippen LogP contribution in [0.5, 0.6) is 0 Å². The smallest absolute Gasteiger partial charge is 0.284 e. The van der Waals surface area contributed by atoms with Crippen LogP contribution in [0.25, 0.3) is 0 Å². The Balaban J connectivity index is 1.93. The summed E-state index contributed by atoms with van der Waals surface area (Å²) in [5, 5.41) is 3.69. The van der Waals surface area contributed by atoms with Crippen LogP contribution in [0.15, 0.2) is 48.6 Å². The lowest BCUT2D eigenvalue weighted by molar-refractivity contribution is 0.644. The van der Waals surface area contributed by atoms with Crippen LogP contribution in [-0.4, -0.2) is 24.1 Å². The molecule has 0 fully saturated rings. The Morgan fingerprint density at radius 2 is 2.16 bits per heavy atom. The number of anilines is 1. The fraction of sp³-hybridized carbons (Fsp3) is 0.250. The average molecular weight is 250 g/mol. The zero-order valence-electron chi connectivity index (χ0n) is 10.9. The molecule has 2 unspecified atom stereocenters. The maximum absolute atomic E-state index is 4.89. The molecule has 0 radical (unpaired) electrons. The van der Waals surface area contributed by atoms with Gasteiger partial charge in [0.2, 0.25) is 5.71 Å². The summed E-state index contributed by atoms with van der Waals surface area (Å²) in [7, 11) is 0. The molecule has 2 aliphatic heterocycles. The zero-order valence-corrected chi connectivity index (χ0v) is 10.9. The standard InChI is InChI=1S/C16H16N3/c1-2-19-14-10-6-3-7-11(14)15-16(19)18-13-9-5-4-8-12(13)17-15/h3-10,12,15,17H,2H2,1H3/q+1. The van der Waals surface area contributed by atoms with Gasteiger partial charge < -0.3 is 0 Å². The minimum Gasteiger partial charge on any atom is -0.284 e. The lowest BCUT2D eigenvalue weighted by Gasteiger charge is -2.20. The van der Waals surface area contributed by atoms with Gasteiger partial charge in [-0.2, -0.15) is 0 Å². The number of nitrogens with one attached hydrogen (secondary N) is 1. The third kappa shape index (κ3) is 1.46. The van der Waals surface area contributed by atoms with Gasteiger partial charge in [-0.25, -0.2) is 9.57 Å². The van der Waals surface area contributed by atoms with E-state index in [-0.39, 0.29) is 12.1 Å². The number of nitrogens with zero attached hydrogens (tertiary/aromatic N) is 2. The number of fused-ring (bicyclic) bond motifs is 4. The van der Waals surface area contributed by atoms with E-state index in [2.05, 4.69) is 65.7 Å². The van der Waals surface area contributed by atoms with Gasteiger partial charge in [0.1, 0.15) is 11.7 Å². The molecule has 0 amide bonds. The van der Waals surface area contributed by atoms with Gasteiger partial charge in [-0.1, -0.05) is 36.4 Å². The van der Waals surface area contributed by atoms with Crippen LogP contribution in [-0.2, 0) is 0 Å². The number of allylic oxidation sites excluding steroid dienone is 2. The summed E-state index contributed by atoms with van der Waals surface area (Å²) in [6.45, 7) is 3.13. The van der Waals surface area contributed by atoms with E-state index in [0.717, 1.165) is 18.1 Å². The van der Waals surface area contributed by atoms with E-state index in [1.165, 1.54) is 11.3 Å². The van der Waals surface area contributed by atoms with Crippen molar-refractivity contribution in [3.05, 3.63) is 54.1 Å². The van der Waals surface area contributed by atoms with Crippen molar-refractivity contribution in [3.8, 4) is 0 Å². The first-order chi connectivity index (χ1) is 9.38. The van der Waals surface area contributed by atoms with Gasteiger partial charge in [0.25, 0.3) is 0 Å². The molecule has 94 valence electrons. The third-order valence-corrected chi connectivity index (χ3v) is 3.98. The van der Waals surface area contributed by atoms with Crippen LogP contribution < -0.4 is 14.9 Å². The monoisotopic (exact) mass is 250 g/mol. The van der Waals surface area contributed by atoms with Crippen LogP contribution in [0, 0.1) is 0 Å². The first-order valence-electron chi connectivity index (χ1n) is 6.81. The molecule has 0 bridgehead atoms. The Morgan fingerprint density at radius 1 is 1.26 bits per heavy atom. The molecular weight excluding hydrogens is 234 g/mol. The normalized spacial score (nSPS) is 26.5. The molecule has 4 rings (SSSR count). The quantitative estimate of drug-likeness (QED) is 0.767. The highest BCUT2D eigenvalue weighted by Gasteiger charge is 2.46. The molecule has 2 atom stereocenters. The minimum atomic E-state index is 0.223. The van der Waals surface area contributed by atoms with E-state index < -0.39 is 0 Å². The van der Waals surface area contributed by atoms with Crippen molar-refractivity contribution in [1.29, 1.82) is 0 Å². The Morgan fingerprint density at radius 3 is 3.05 bits per heavy atom. The first-order valence-corrected chi connectivity index (χ1v) is 6.81. The molecule has 19 heavy (non-hydrogen) atoms. The summed E-state index contributed by atoms with van der Waals surface area (Å²) in [5.74, 6) is 1.13. The fourth-order valence-electron chi connectivity index (χ4n) is 3.11. The van der Waals surface area contributed by atoms with Gasteiger partial charge in [0.05, 0.1) is 6.54 Å². The second-order valence-corrected chi connectivity index (χ2v) is 5.02. The Kier molecular flexibility index (Phi) is 2.25. The molecule has 3 heteroatoms. The molecule has 0 saturated carbocycles. The van der Waals surface area contributed by atoms with Crippen molar-refractivity contribution >= 4 is 17.2 Å². The minimum absolute atomic E-state index is 0.223. The predicted octanol–water partition coefficient (Wildman–Crippen LogP) is 1.57. The van der Waals surface area contributed by atoms with Crippen molar-refractivity contribution in [2.75, 3.05) is 11.4 Å². The first kappa shape index (κ1) is 10.8. The number of hydrogen-bond acceptors (Lipinski definition) is 2. The summed E-state index contributed by atoms with van der Waals surface area (Å²) in [4.78, 5) is 2.31. The van der Waals surface area contributed by atoms with E-state index >= 15 is 0 Å². The van der Waals surface area contributed by atoms with Crippen molar-refractivity contribution in [1.82, 2.24) is 9.98 Å². The van der Waals surface area contributed by atoms with Gasteiger partial charge >= 0.3 is 5.84 Å². The summed E-state index contributed by atoms with van der Waals surface area (Å²) in [6.07, 6.45) is 8.40. The maximum atomic E-state index is 4.89. The van der Waals surface area contributed by atoms with Gasteiger partial charge in [-0.3, -0.25) is 5.32 Å². The summed E-state index contributed by atoms with van der Waals surface area (Å²) >= 11 is 0. The van der Waals surface area contributed by atoms with Gasteiger partial charge in [-0.15, -0.1) is 0 Å². The number of rotatable bonds is 1. The molecule has 0 aromatic heterocycles. The summed E-state index contributed by atoms with van der Waals surface area (Å²) in [5.41, 5.74) is 3.73. The van der Waals surface area contributed by atoms with Crippen LogP contribution in [0.2, 0.25) is 0 Å². The SMILES string of the molecule is CCN1C2=[N+]=C3C=CC=CC3NC2c2ccccc21. The molecule has 1 aromatic rings. The number of benzene rings is 1. The predicted molar refractivity (Wildman–Crippen MR) is 79.6 cm³/mol. The fourth-order valence-corrected chi connectivity index (χ4v) is 3.11. The number of para-hydroxylation sites is 1. The van der Waals surface area contributed by atoms with E-state index in [4.69, 9.17) is 4.67 Å². The van der Waals surface area contributed by atoms with Gasteiger partial charge in [0, 0.05) is 5.56 Å². The zero-order chi connectivity index (χ0) is 12.8.